The van der Waals surface area contributed by atoms with E-state index in [4.69, 9.17) is 9.47 Å². The van der Waals surface area contributed by atoms with Crippen molar-refractivity contribution in [2.24, 2.45) is 11.3 Å². The Bertz CT molecular complexity index is 1040. The van der Waals surface area contributed by atoms with Gasteiger partial charge in [0.25, 0.3) is 0 Å². The van der Waals surface area contributed by atoms with Gasteiger partial charge in [-0.05, 0) is 73.9 Å². The van der Waals surface area contributed by atoms with Gasteiger partial charge in [0.1, 0.15) is 17.3 Å². The largest absolute Gasteiger partial charge is 0.456 e. The number of benzene rings is 1. The summed E-state index contributed by atoms with van der Waals surface area (Å²) in [6, 6.07) is 8.80. The molecular weight excluding hydrogens is 445 g/mol. The molecule has 0 bridgehead atoms. The van der Waals surface area contributed by atoms with Crippen LogP contribution in [0.15, 0.2) is 36.5 Å². The normalized spacial score (nSPS) is 25.0. The monoisotopic (exact) mass is 481 g/mol. The highest BCUT2D eigenvalue weighted by atomic mass is 19.1. The lowest BCUT2D eigenvalue weighted by molar-refractivity contribution is -0.146. The molecule has 1 saturated carbocycles. The number of pyridine rings is 1. The molecule has 3 heterocycles. The van der Waals surface area contributed by atoms with Gasteiger partial charge >= 0.3 is 0 Å². The van der Waals surface area contributed by atoms with Gasteiger partial charge in [-0.25, -0.2) is 4.39 Å². The SMILES string of the molecule is CC(C)C1(C(=O)N2CCc3ncc(Oc4ccc(F)cc4)cc3C2)CCC(NC2CCOCC2)C1. The van der Waals surface area contributed by atoms with Crippen LogP contribution in [0.4, 0.5) is 4.39 Å². The molecule has 2 aromatic rings. The quantitative estimate of drug-likeness (QED) is 0.638. The standard InChI is InChI=1S/C28H36FN3O3/c1-19(2)28(11-7-23(16-28)31-22-9-13-34-14-10-22)27(33)32-12-8-26-20(18-32)15-25(17-30-26)35-24-5-3-21(29)4-6-24/h3-6,15,17,19,22-23,31H,7-14,16,18H2,1-2H3. The maximum Gasteiger partial charge on any atom is 0.229 e. The van der Waals surface area contributed by atoms with Crippen molar-refractivity contribution in [3.8, 4) is 11.5 Å². The summed E-state index contributed by atoms with van der Waals surface area (Å²) in [5.74, 6) is 1.42. The molecule has 1 amide bonds. The summed E-state index contributed by atoms with van der Waals surface area (Å²) in [7, 11) is 0. The van der Waals surface area contributed by atoms with Crippen molar-refractivity contribution in [1.82, 2.24) is 15.2 Å². The van der Waals surface area contributed by atoms with Crippen molar-refractivity contribution < 1.29 is 18.7 Å². The van der Waals surface area contributed by atoms with E-state index in [1.807, 2.05) is 11.0 Å². The molecular formula is C28H36FN3O3. The number of ether oxygens (including phenoxy) is 2. The van der Waals surface area contributed by atoms with Gasteiger partial charge in [-0.3, -0.25) is 9.78 Å². The first-order valence-corrected chi connectivity index (χ1v) is 13.0. The van der Waals surface area contributed by atoms with Crippen molar-refractivity contribution in [3.05, 3.63) is 53.6 Å². The number of rotatable bonds is 6. The number of halogens is 1. The average molecular weight is 482 g/mol. The summed E-state index contributed by atoms with van der Waals surface area (Å²) < 4.78 is 24.6. The molecule has 6 nitrogen and oxygen atoms in total. The van der Waals surface area contributed by atoms with Crippen LogP contribution in [0.1, 0.15) is 57.2 Å². The van der Waals surface area contributed by atoms with E-state index in [2.05, 4.69) is 24.1 Å². The fraction of sp³-hybridized carbons (Fsp3) is 0.571. The summed E-state index contributed by atoms with van der Waals surface area (Å²) in [5.41, 5.74) is 1.72. The Morgan fingerprint density at radius 2 is 1.94 bits per heavy atom. The number of amides is 1. The van der Waals surface area contributed by atoms with E-state index in [9.17, 15) is 9.18 Å². The Morgan fingerprint density at radius 3 is 2.69 bits per heavy atom. The number of hydrogen-bond donors (Lipinski definition) is 1. The van der Waals surface area contributed by atoms with E-state index in [0.717, 1.165) is 63.0 Å². The lowest BCUT2D eigenvalue weighted by atomic mass is 9.74. The summed E-state index contributed by atoms with van der Waals surface area (Å²) >= 11 is 0. The first-order chi connectivity index (χ1) is 16.9. The zero-order chi connectivity index (χ0) is 24.4. The maximum atomic E-state index is 14.0. The van der Waals surface area contributed by atoms with E-state index in [-0.39, 0.29) is 23.1 Å². The number of carbonyl (C=O) groups is 1. The first kappa shape index (κ1) is 24.2. The Labute approximate surface area is 207 Å². The highest BCUT2D eigenvalue weighted by Crippen LogP contribution is 2.46. The highest BCUT2D eigenvalue weighted by Gasteiger charge is 2.49. The van der Waals surface area contributed by atoms with Crippen LogP contribution in [0.2, 0.25) is 0 Å². The van der Waals surface area contributed by atoms with Crippen molar-refractivity contribution in [2.45, 2.75) is 71.0 Å². The second-order valence-electron chi connectivity index (χ2n) is 10.6. The van der Waals surface area contributed by atoms with Crippen molar-refractivity contribution >= 4 is 5.91 Å². The zero-order valence-electron chi connectivity index (χ0n) is 20.8. The predicted molar refractivity (Wildman–Crippen MR) is 132 cm³/mol. The average Bonchev–Trinajstić information content (AvgIpc) is 3.30. The molecule has 1 aliphatic carbocycles. The molecule has 2 atom stereocenters. The van der Waals surface area contributed by atoms with Crippen LogP contribution < -0.4 is 10.1 Å². The van der Waals surface area contributed by atoms with E-state index in [1.54, 1.807) is 18.3 Å². The molecule has 2 fully saturated rings. The second-order valence-corrected chi connectivity index (χ2v) is 10.6. The lowest BCUT2D eigenvalue weighted by Crippen LogP contribution is -2.49. The summed E-state index contributed by atoms with van der Waals surface area (Å²) in [5, 5.41) is 3.83. The predicted octanol–water partition coefficient (Wildman–Crippen LogP) is 4.86. The first-order valence-electron chi connectivity index (χ1n) is 13.0. The molecule has 0 spiro atoms. The molecule has 3 aliphatic rings. The number of nitrogens with one attached hydrogen (secondary N) is 1. The van der Waals surface area contributed by atoms with Gasteiger partial charge in [-0.1, -0.05) is 13.8 Å². The molecule has 1 N–H and O–H groups in total. The number of nitrogens with zero attached hydrogens (tertiary/aromatic N) is 2. The number of fused-ring (bicyclic) bond motifs is 1. The lowest BCUT2D eigenvalue weighted by Gasteiger charge is -2.39. The van der Waals surface area contributed by atoms with E-state index >= 15 is 0 Å². The third-order valence-electron chi connectivity index (χ3n) is 8.12. The van der Waals surface area contributed by atoms with E-state index in [1.165, 1.54) is 12.1 Å². The van der Waals surface area contributed by atoms with Crippen molar-refractivity contribution in [2.75, 3.05) is 19.8 Å². The molecule has 188 valence electrons. The minimum atomic E-state index is -0.323. The van der Waals surface area contributed by atoms with Crippen LogP contribution in [0.25, 0.3) is 0 Å². The molecule has 1 aromatic heterocycles. The summed E-state index contributed by atoms with van der Waals surface area (Å²) in [6.07, 6.45) is 7.43. The van der Waals surface area contributed by atoms with E-state index in [0.29, 0.717) is 36.7 Å². The van der Waals surface area contributed by atoms with Gasteiger partial charge in [0, 0.05) is 50.5 Å². The van der Waals surface area contributed by atoms with Crippen LogP contribution in [0.3, 0.4) is 0 Å². The third-order valence-corrected chi connectivity index (χ3v) is 8.12. The Kier molecular flexibility index (Phi) is 7.07. The molecule has 7 heteroatoms. The molecule has 1 saturated heterocycles. The highest BCUT2D eigenvalue weighted by molar-refractivity contribution is 5.83. The fourth-order valence-corrected chi connectivity index (χ4v) is 5.97. The van der Waals surface area contributed by atoms with Gasteiger partial charge in [-0.2, -0.15) is 0 Å². The van der Waals surface area contributed by atoms with Crippen molar-refractivity contribution in [3.63, 3.8) is 0 Å². The molecule has 2 aliphatic heterocycles. The second kappa shape index (κ2) is 10.2. The van der Waals surface area contributed by atoms with Gasteiger partial charge in [0.05, 0.1) is 11.6 Å². The molecule has 5 rings (SSSR count). The minimum absolute atomic E-state index is 0.277. The Balaban J connectivity index is 1.27. The number of carbonyl (C=O) groups excluding carboxylic acids is 1. The van der Waals surface area contributed by atoms with Crippen LogP contribution in [0, 0.1) is 17.2 Å². The van der Waals surface area contributed by atoms with Gasteiger partial charge in [-0.15, -0.1) is 0 Å². The maximum absolute atomic E-state index is 14.0. The molecule has 2 unspecified atom stereocenters. The van der Waals surface area contributed by atoms with Gasteiger partial charge in [0.2, 0.25) is 5.91 Å². The van der Waals surface area contributed by atoms with Crippen LogP contribution in [0.5, 0.6) is 11.5 Å². The van der Waals surface area contributed by atoms with Crippen molar-refractivity contribution in [1.29, 1.82) is 0 Å². The molecule has 0 radical (unpaired) electrons. The molecule has 1 aromatic carbocycles. The minimum Gasteiger partial charge on any atom is -0.456 e. The topological polar surface area (TPSA) is 63.7 Å². The number of aromatic nitrogens is 1. The Hall–Kier alpha value is -2.51. The van der Waals surface area contributed by atoms with Crippen LogP contribution in [-0.2, 0) is 22.5 Å². The smallest absolute Gasteiger partial charge is 0.229 e. The third kappa shape index (κ3) is 5.21. The Morgan fingerprint density at radius 1 is 1.17 bits per heavy atom. The summed E-state index contributed by atoms with van der Waals surface area (Å²) in [6.45, 7) is 7.29. The van der Waals surface area contributed by atoms with Crippen LogP contribution in [-0.4, -0.2) is 47.6 Å². The van der Waals surface area contributed by atoms with E-state index < -0.39 is 0 Å². The molecule has 35 heavy (non-hydrogen) atoms. The fourth-order valence-electron chi connectivity index (χ4n) is 5.97. The van der Waals surface area contributed by atoms with Gasteiger partial charge in [0.15, 0.2) is 0 Å². The van der Waals surface area contributed by atoms with Crippen LogP contribution >= 0.6 is 0 Å². The zero-order valence-corrected chi connectivity index (χ0v) is 20.8. The number of hydrogen-bond acceptors (Lipinski definition) is 5. The summed E-state index contributed by atoms with van der Waals surface area (Å²) in [4.78, 5) is 20.6. The van der Waals surface area contributed by atoms with Gasteiger partial charge < -0.3 is 19.7 Å².